The Morgan fingerprint density at radius 2 is 2.32 bits per heavy atom. The Balaban J connectivity index is 1.85. The molecule has 1 aliphatic rings. The molecule has 1 amide bonds. The summed E-state index contributed by atoms with van der Waals surface area (Å²) in [6.07, 6.45) is 2.08. The highest BCUT2D eigenvalue weighted by Gasteiger charge is 2.30. The van der Waals surface area contributed by atoms with Crippen LogP contribution in [0.25, 0.3) is 0 Å². The number of aliphatic carboxylic acids is 1. The van der Waals surface area contributed by atoms with E-state index in [0.29, 0.717) is 12.8 Å². The maximum atomic E-state index is 13.3. The molecule has 0 bridgehead atoms. The SMILES string of the molecule is O=C(NCC1CCC(C(=O)O)O1)c1ccncc1F. The van der Waals surface area contributed by atoms with E-state index in [1.165, 1.54) is 12.3 Å². The minimum atomic E-state index is -1.01. The van der Waals surface area contributed by atoms with Crippen molar-refractivity contribution in [3.8, 4) is 0 Å². The van der Waals surface area contributed by atoms with Crippen molar-refractivity contribution >= 4 is 11.9 Å². The predicted octanol–water partition coefficient (Wildman–Crippen LogP) is 0.583. The second kappa shape index (κ2) is 5.75. The highest BCUT2D eigenvalue weighted by molar-refractivity contribution is 5.94. The van der Waals surface area contributed by atoms with Crippen LogP contribution in [0, 0.1) is 5.82 Å². The summed E-state index contributed by atoms with van der Waals surface area (Å²) < 4.78 is 18.5. The van der Waals surface area contributed by atoms with Gasteiger partial charge < -0.3 is 15.2 Å². The average molecular weight is 268 g/mol. The molecule has 19 heavy (non-hydrogen) atoms. The number of carbonyl (C=O) groups is 2. The number of aromatic nitrogens is 1. The maximum absolute atomic E-state index is 13.3. The van der Waals surface area contributed by atoms with Gasteiger partial charge >= 0.3 is 5.97 Å². The topological polar surface area (TPSA) is 88.5 Å². The summed E-state index contributed by atoms with van der Waals surface area (Å²) in [6, 6.07) is 1.28. The van der Waals surface area contributed by atoms with Gasteiger partial charge in [0.15, 0.2) is 11.9 Å². The quantitative estimate of drug-likeness (QED) is 0.834. The number of ether oxygens (including phenoxy) is 1. The van der Waals surface area contributed by atoms with Crippen molar-refractivity contribution in [3.05, 3.63) is 29.8 Å². The van der Waals surface area contributed by atoms with E-state index in [0.717, 1.165) is 6.20 Å². The fraction of sp³-hybridized carbons (Fsp3) is 0.417. The molecule has 2 rings (SSSR count). The van der Waals surface area contributed by atoms with Gasteiger partial charge in [-0.05, 0) is 18.9 Å². The zero-order valence-corrected chi connectivity index (χ0v) is 10.0. The Labute approximate surface area is 108 Å². The minimum absolute atomic E-state index is 0.0946. The monoisotopic (exact) mass is 268 g/mol. The van der Waals surface area contributed by atoms with Crippen LogP contribution in [0.3, 0.4) is 0 Å². The number of nitrogens with one attached hydrogen (secondary N) is 1. The molecule has 7 heteroatoms. The van der Waals surface area contributed by atoms with E-state index in [9.17, 15) is 14.0 Å². The molecule has 2 N–H and O–H groups in total. The van der Waals surface area contributed by atoms with E-state index < -0.39 is 23.8 Å². The highest BCUT2D eigenvalue weighted by atomic mass is 19.1. The summed E-state index contributed by atoms with van der Waals surface area (Å²) in [7, 11) is 0. The molecule has 2 unspecified atom stereocenters. The first kappa shape index (κ1) is 13.4. The molecule has 0 saturated carbocycles. The van der Waals surface area contributed by atoms with Crippen LogP contribution in [-0.2, 0) is 9.53 Å². The van der Waals surface area contributed by atoms with Crippen molar-refractivity contribution in [2.24, 2.45) is 0 Å². The third-order valence-corrected chi connectivity index (χ3v) is 2.89. The molecular formula is C12H13FN2O4. The van der Waals surface area contributed by atoms with Crippen molar-refractivity contribution < 1.29 is 23.8 Å². The molecule has 1 saturated heterocycles. The van der Waals surface area contributed by atoms with Gasteiger partial charge in [-0.15, -0.1) is 0 Å². The van der Waals surface area contributed by atoms with Gasteiger partial charge in [0, 0.05) is 12.7 Å². The molecule has 2 atom stereocenters. The number of carboxylic acids is 1. The summed E-state index contributed by atoms with van der Waals surface area (Å²) in [5, 5.41) is 11.3. The Morgan fingerprint density at radius 1 is 1.53 bits per heavy atom. The molecule has 1 fully saturated rings. The second-order valence-corrected chi connectivity index (χ2v) is 4.23. The standard InChI is InChI=1S/C12H13FN2O4/c13-9-6-14-4-3-8(9)11(16)15-5-7-1-2-10(19-7)12(17)18/h3-4,6-7,10H,1-2,5H2,(H,15,16)(H,17,18). The minimum Gasteiger partial charge on any atom is -0.479 e. The van der Waals surface area contributed by atoms with Crippen LogP contribution in [0.1, 0.15) is 23.2 Å². The summed E-state index contributed by atoms with van der Waals surface area (Å²) in [4.78, 5) is 25.9. The number of rotatable bonds is 4. The molecule has 102 valence electrons. The molecule has 0 aromatic carbocycles. The normalized spacial score (nSPS) is 22.2. The van der Waals surface area contributed by atoms with Crippen LogP contribution in [0.5, 0.6) is 0 Å². The molecule has 1 aromatic heterocycles. The predicted molar refractivity (Wildman–Crippen MR) is 62.1 cm³/mol. The molecule has 1 aliphatic heterocycles. The number of carboxylic acid groups (broad SMARTS) is 1. The molecule has 0 spiro atoms. The fourth-order valence-electron chi connectivity index (χ4n) is 1.90. The Kier molecular flexibility index (Phi) is 4.06. The molecule has 6 nitrogen and oxygen atoms in total. The smallest absolute Gasteiger partial charge is 0.332 e. The van der Waals surface area contributed by atoms with E-state index in [1.54, 1.807) is 0 Å². The largest absolute Gasteiger partial charge is 0.479 e. The molecule has 0 radical (unpaired) electrons. The lowest BCUT2D eigenvalue weighted by Crippen LogP contribution is -2.33. The summed E-state index contributed by atoms with van der Waals surface area (Å²) in [5.41, 5.74) is -0.0946. The van der Waals surface area contributed by atoms with Crippen LogP contribution < -0.4 is 5.32 Å². The highest BCUT2D eigenvalue weighted by Crippen LogP contribution is 2.19. The number of nitrogens with zero attached hydrogens (tertiary/aromatic N) is 1. The molecule has 1 aromatic rings. The van der Waals surface area contributed by atoms with Gasteiger partial charge in [0.05, 0.1) is 17.9 Å². The number of hydrogen-bond donors (Lipinski definition) is 2. The fourth-order valence-corrected chi connectivity index (χ4v) is 1.90. The molecule has 0 aliphatic carbocycles. The van der Waals surface area contributed by atoms with E-state index in [4.69, 9.17) is 9.84 Å². The number of amides is 1. The van der Waals surface area contributed by atoms with Gasteiger partial charge in [-0.2, -0.15) is 0 Å². The van der Waals surface area contributed by atoms with Crippen LogP contribution >= 0.6 is 0 Å². The third-order valence-electron chi connectivity index (χ3n) is 2.89. The number of halogens is 1. The number of pyridine rings is 1. The lowest BCUT2D eigenvalue weighted by molar-refractivity contribution is -0.149. The van der Waals surface area contributed by atoms with Gasteiger partial charge in [0.25, 0.3) is 5.91 Å². The first-order chi connectivity index (χ1) is 9.08. The van der Waals surface area contributed by atoms with Crippen LogP contribution in [0.4, 0.5) is 4.39 Å². The summed E-state index contributed by atoms with van der Waals surface area (Å²) >= 11 is 0. The van der Waals surface area contributed by atoms with Crippen molar-refractivity contribution in [2.75, 3.05) is 6.54 Å². The zero-order valence-electron chi connectivity index (χ0n) is 10.0. The Hall–Kier alpha value is -2.02. The first-order valence-electron chi connectivity index (χ1n) is 5.84. The first-order valence-corrected chi connectivity index (χ1v) is 5.84. The Bertz CT molecular complexity index is 494. The lowest BCUT2D eigenvalue weighted by atomic mass is 10.2. The van der Waals surface area contributed by atoms with Crippen LogP contribution in [0.2, 0.25) is 0 Å². The van der Waals surface area contributed by atoms with Crippen LogP contribution in [-0.4, -0.2) is 40.7 Å². The van der Waals surface area contributed by atoms with E-state index in [1.807, 2.05) is 0 Å². The van der Waals surface area contributed by atoms with Gasteiger partial charge in [0.1, 0.15) is 0 Å². The van der Waals surface area contributed by atoms with Crippen molar-refractivity contribution in [1.29, 1.82) is 0 Å². The number of carbonyl (C=O) groups excluding carboxylic acids is 1. The maximum Gasteiger partial charge on any atom is 0.332 e. The molecular weight excluding hydrogens is 255 g/mol. The number of hydrogen-bond acceptors (Lipinski definition) is 4. The van der Waals surface area contributed by atoms with Gasteiger partial charge in [-0.25, -0.2) is 9.18 Å². The van der Waals surface area contributed by atoms with Crippen LogP contribution in [0.15, 0.2) is 18.5 Å². The molecule has 2 heterocycles. The van der Waals surface area contributed by atoms with E-state index >= 15 is 0 Å². The lowest BCUT2D eigenvalue weighted by Gasteiger charge is -2.12. The zero-order chi connectivity index (χ0) is 13.8. The van der Waals surface area contributed by atoms with Crippen molar-refractivity contribution in [3.63, 3.8) is 0 Å². The van der Waals surface area contributed by atoms with Gasteiger partial charge in [-0.3, -0.25) is 9.78 Å². The summed E-state index contributed by atoms with van der Waals surface area (Å²) in [5.74, 6) is -2.27. The van der Waals surface area contributed by atoms with Gasteiger partial charge in [0.2, 0.25) is 0 Å². The third kappa shape index (κ3) is 3.25. The Morgan fingerprint density at radius 3 is 2.95 bits per heavy atom. The van der Waals surface area contributed by atoms with Gasteiger partial charge in [-0.1, -0.05) is 0 Å². The van der Waals surface area contributed by atoms with Crippen molar-refractivity contribution in [2.45, 2.75) is 25.0 Å². The van der Waals surface area contributed by atoms with Crippen molar-refractivity contribution in [1.82, 2.24) is 10.3 Å². The second-order valence-electron chi connectivity index (χ2n) is 4.23. The summed E-state index contributed by atoms with van der Waals surface area (Å²) in [6.45, 7) is 0.157. The average Bonchev–Trinajstić information content (AvgIpc) is 2.85. The van der Waals surface area contributed by atoms with E-state index in [-0.39, 0.29) is 18.2 Å². The van der Waals surface area contributed by atoms with E-state index in [2.05, 4.69) is 10.3 Å².